The standard InChI is InChI=1S/C22H19F3N4O4/c23-22(24,25)14-4-3-7-17-19(14)20(26-33-17)27-10-8-13(9-11-27)29-16-6-2-1-5-15(16)28(21(29)32)12-18(30)31/h1-7,13H,8-12H2,(H,30,31). The van der Waals surface area contributed by atoms with Crippen molar-refractivity contribution in [2.24, 2.45) is 0 Å². The van der Waals surface area contributed by atoms with Gasteiger partial charge in [-0.1, -0.05) is 23.4 Å². The van der Waals surface area contributed by atoms with Gasteiger partial charge in [-0.25, -0.2) is 4.79 Å². The Morgan fingerprint density at radius 1 is 1.09 bits per heavy atom. The summed E-state index contributed by atoms with van der Waals surface area (Å²) in [6.45, 7) is 0.281. The van der Waals surface area contributed by atoms with Crippen LogP contribution in [0.5, 0.6) is 0 Å². The van der Waals surface area contributed by atoms with E-state index < -0.39 is 29.9 Å². The minimum absolute atomic E-state index is 0.0647. The van der Waals surface area contributed by atoms with Gasteiger partial charge in [0, 0.05) is 19.1 Å². The molecule has 0 aliphatic carbocycles. The normalized spacial score (nSPS) is 15.5. The summed E-state index contributed by atoms with van der Waals surface area (Å²) in [6, 6.07) is 10.5. The van der Waals surface area contributed by atoms with Gasteiger partial charge in [0.1, 0.15) is 6.54 Å². The molecule has 1 aliphatic rings. The molecule has 172 valence electrons. The average Bonchev–Trinajstić information content (AvgIpc) is 3.32. The van der Waals surface area contributed by atoms with E-state index in [0.29, 0.717) is 37.0 Å². The predicted octanol–water partition coefficient (Wildman–Crippen LogP) is 3.89. The first-order valence-electron chi connectivity index (χ1n) is 10.4. The molecule has 2 aromatic carbocycles. The number of imidazole rings is 1. The van der Waals surface area contributed by atoms with Gasteiger partial charge in [0.05, 0.1) is 22.0 Å². The molecular formula is C22H19F3N4O4. The zero-order chi connectivity index (χ0) is 23.3. The molecule has 8 nitrogen and oxygen atoms in total. The fraction of sp³-hybridized carbons (Fsp3) is 0.318. The summed E-state index contributed by atoms with van der Waals surface area (Å²) in [5.41, 5.74) is 0.0163. The number of aliphatic carboxylic acids is 1. The number of anilines is 1. The highest BCUT2D eigenvalue weighted by atomic mass is 19.4. The van der Waals surface area contributed by atoms with Crippen LogP contribution in [0, 0.1) is 0 Å². The van der Waals surface area contributed by atoms with E-state index in [1.807, 2.05) is 0 Å². The third kappa shape index (κ3) is 3.53. The van der Waals surface area contributed by atoms with Crippen molar-refractivity contribution in [2.45, 2.75) is 31.6 Å². The summed E-state index contributed by atoms with van der Waals surface area (Å²) in [5, 5.41) is 13.0. The number of alkyl halides is 3. The molecular weight excluding hydrogens is 441 g/mol. The van der Waals surface area contributed by atoms with Crippen LogP contribution >= 0.6 is 0 Å². The van der Waals surface area contributed by atoms with Crippen molar-refractivity contribution in [3.8, 4) is 0 Å². The molecule has 0 unspecified atom stereocenters. The molecule has 0 saturated carbocycles. The van der Waals surface area contributed by atoms with Crippen LogP contribution in [-0.4, -0.2) is 38.5 Å². The van der Waals surface area contributed by atoms with Gasteiger partial charge in [0.15, 0.2) is 11.4 Å². The molecule has 11 heteroatoms. The number of rotatable bonds is 4. The maximum Gasteiger partial charge on any atom is 0.417 e. The van der Waals surface area contributed by atoms with Crippen molar-refractivity contribution in [1.82, 2.24) is 14.3 Å². The van der Waals surface area contributed by atoms with Crippen LogP contribution < -0.4 is 10.6 Å². The second kappa shape index (κ2) is 7.68. The molecule has 3 heterocycles. The van der Waals surface area contributed by atoms with Crippen LogP contribution in [0.3, 0.4) is 0 Å². The first-order valence-corrected chi connectivity index (χ1v) is 10.4. The van der Waals surface area contributed by atoms with Gasteiger partial charge in [0.25, 0.3) is 0 Å². The van der Waals surface area contributed by atoms with Gasteiger partial charge in [-0.3, -0.25) is 13.9 Å². The number of hydrogen-bond donors (Lipinski definition) is 1. The predicted molar refractivity (Wildman–Crippen MR) is 113 cm³/mol. The first-order chi connectivity index (χ1) is 15.8. The summed E-state index contributed by atoms with van der Waals surface area (Å²) in [4.78, 5) is 26.1. The van der Waals surface area contributed by atoms with E-state index in [2.05, 4.69) is 5.16 Å². The Balaban J connectivity index is 1.47. The lowest BCUT2D eigenvalue weighted by Crippen LogP contribution is -2.38. The van der Waals surface area contributed by atoms with E-state index >= 15 is 0 Å². The van der Waals surface area contributed by atoms with Crippen molar-refractivity contribution in [1.29, 1.82) is 0 Å². The number of nitrogens with zero attached hydrogens (tertiary/aromatic N) is 4. The molecule has 0 atom stereocenters. The molecule has 2 aromatic heterocycles. The summed E-state index contributed by atoms with van der Waals surface area (Å²) in [5.74, 6) is -0.981. The highest BCUT2D eigenvalue weighted by molar-refractivity contribution is 5.92. The molecule has 1 N–H and O–H groups in total. The number of aromatic nitrogens is 3. The van der Waals surface area contributed by atoms with Crippen LogP contribution in [-0.2, 0) is 17.5 Å². The quantitative estimate of drug-likeness (QED) is 0.497. The van der Waals surface area contributed by atoms with E-state index in [0.717, 1.165) is 6.07 Å². The minimum atomic E-state index is -4.54. The molecule has 1 aliphatic heterocycles. The smallest absolute Gasteiger partial charge is 0.417 e. The van der Waals surface area contributed by atoms with E-state index in [4.69, 9.17) is 4.52 Å². The van der Waals surface area contributed by atoms with Gasteiger partial charge < -0.3 is 14.5 Å². The van der Waals surface area contributed by atoms with E-state index in [1.54, 1.807) is 33.7 Å². The van der Waals surface area contributed by atoms with Crippen molar-refractivity contribution >= 4 is 33.8 Å². The SMILES string of the molecule is O=C(O)Cn1c(=O)n(C2CCN(c3noc4cccc(C(F)(F)F)c34)CC2)c2ccccc21. The summed E-state index contributed by atoms with van der Waals surface area (Å²) < 4.78 is 48.6. The van der Waals surface area contributed by atoms with Gasteiger partial charge in [0.2, 0.25) is 0 Å². The van der Waals surface area contributed by atoms with Gasteiger partial charge in [-0.15, -0.1) is 0 Å². The lowest BCUT2D eigenvalue weighted by Gasteiger charge is -2.32. The molecule has 33 heavy (non-hydrogen) atoms. The number of carboxylic acid groups (broad SMARTS) is 1. The maximum atomic E-state index is 13.5. The molecule has 5 rings (SSSR count). The van der Waals surface area contributed by atoms with Crippen molar-refractivity contribution in [2.75, 3.05) is 18.0 Å². The number of para-hydroxylation sites is 2. The number of carboxylic acids is 1. The maximum absolute atomic E-state index is 13.5. The molecule has 0 radical (unpaired) electrons. The Morgan fingerprint density at radius 3 is 2.45 bits per heavy atom. The number of carbonyl (C=O) groups is 1. The molecule has 1 saturated heterocycles. The third-order valence-corrected chi connectivity index (χ3v) is 6.08. The monoisotopic (exact) mass is 460 g/mol. The fourth-order valence-corrected chi connectivity index (χ4v) is 4.64. The van der Waals surface area contributed by atoms with Crippen LogP contribution in [0.15, 0.2) is 51.8 Å². The second-order valence-electron chi connectivity index (χ2n) is 8.02. The third-order valence-electron chi connectivity index (χ3n) is 6.08. The molecule has 0 spiro atoms. The summed E-state index contributed by atoms with van der Waals surface area (Å²) in [6.07, 6.45) is -3.59. The van der Waals surface area contributed by atoms with Crippen molar-refractivity contribution in [3.63, 3.8) is 0 Å². The topological polar surface area (TPSA) is 93.5 Å². The number of benzene rings is 2. The Kier molecular flexibility index (Phi) is 4.91. The number of piperidine rings is 1. The molecule has 4 aromatic rings. The van der Waals surface area contributed by atoms with E-state index in [9.17, 15) is 27.9 Å². The van der Waals surface area contributed by atoms with Crippen LogP contribution in [0.1, 0.15) is 24.4 Å². The highest BCUT2D eigenvalue weighted by Crippen LogP contribution is 2.40. The van der Waals surface area contributed by atoms with Gasteiger partial charge in [-0.05, 0) is 37.1 Å². The molecule has 0 amide bonds. The lowest BCUT2D eigenvalue weighted by molar-refractivity contribution is -0.138. The Hall–Kier alpha value is -3.76. The zero-order valence-corrected chi connectivity index (χ0v) is 17.2. The highest BCUT2D eigenvalue weighted by Gasteiger charge is 2.36. The van der Waals surface area contributed by atoms with Crippen LogP contribution in [0.25, 0.3) is 22.0 Å². The fourth-order valence-electron chi connectivity index (χ4n) is 4.64. The largest absolute Gasteiger partial charge is 0.480 e. The number of hydrogen-bond acceptors (Lipinski definition) is 5. The van der Waals surface area contributed by atoms with Gasteiger partial charge in [-0.2, -0.15) is 13.2 Å². The average molecular weight is 460 g/mol. The molecule has 0 bridgehead atoms. The van der Waals surface area contributed by atoms with E-state index in [1.165, 1.54) is 16.7 Å². The minimum Gasteiger partial charge on any atom is -0.480 e. The Labute approximate surface area is 184 Å². The summed E-state index contributed by atoms with van der Waals surface area (Å²) in [7, 11) is 0. The first kappa shape index (κ1) is 21.1. The van der Waals surface area contributed by atoms with Crippen molar-refractivity contribution < 1.29 is 27.6 Å². The number of halogens is 3. The zero-order valence-electron chi connectivity index (χ0n) is 17.2. The lowest BCUT2D eigenvalue weighted by atomic mass is 10.0. The van der Waals surface area contributed by atoms with Crippen molar-refractivity contribution in [3.05, 3.63) is 58.5 Å². The Bertz CT molecular complexity index is 1410. The van der Waals surface area contributed by atoms with Crippen LogP contribution in [0.2, 0.25) is 0 Å². The summed E-state index contributed by atoms with van der Waals surface area (Å²) >= 11 is 0. The second-order valence-corrected chi connectivity index (χ2v) is 8.02. The Morgan fingerprint density at radius 2 is 1.79 bits per heavy atom. The van der Waals surface area contributed by atoms with Crippen LogP contribution in [0.4, 0.5) is 19.0 Å². The van der Waals surface area contributed by atoms with E-state index in [-0.39, 0.29) is 22.8 Å². The molecule has 1 fully saturated rings. The van der Waals surface area contributed by atoms with Gasteiger partial charge >= 0.3 is 17.8 Å². The number of fused-ring (bicyclic) bond motifs is 2.